The molecule has 2 aromatic rings. The standard InChI is InChI=1S/C13H16OS.C8H10N2O2/c1-9(10(2)15)12-6-5-11-4-3-7-14-13(11)8-12;1-9-7-5-10-4-3-6(7)8(11)12-2/h5-6,8,15H,3-4,7H2,1-2H3;3-5,9H,1-2H3/b10-9+;. The number of thiol groups is 1. The topological polar surface area (TPSA) is 60.5 Å². The van der Waals surface area contributed by atoms with Crippen LogP contribution in [0.5, 0.6) is 5.75 Å². The van der Waals surface area contributed by atoms with Gasteiger partial charge in [0.15, 0.2) is 0 Å². The lowest BCUT2D eigenvalue weighted by Crippen LogP contribution is -2.08. The monoisotopic (exact) mass is 386 g/mol. The fourth-order valence-corrected chi connectivity index (χ4v) is 2.79. The van der Waals surface area contributed by atoms with Crippen LogP contribution in [-0.2, 0) is 11.2 Å². The first-order valence-corrected chi connectivity index (χ1v) is 9.25. The first-order valence-electron chi connectivity index (χ1n) is 8.80. The molecule has 0 atom stereocenters. The van der Waals surface area contributed by atoms with E-state index in [1.807, 2.05) is 6.92 Å². The van der Waals surface area contributed by atoms with Gasteiger partial charge in [0.1, 0.15) is 5.75 Å². The summed E-state index contributed by atoms with van der Waals surface area (Å²) in [4.78, 5) is 16.0. The van der Waals surface area contributed by atoms with Gasteiger partial charge in [-0.1, -0.05) is 12.1 Å². The number of aromatic nitrogens is 1. The Hall–Kier alpha value is -2.47. The number of anilines is 1. The highest BCUT2D eigenvalue weighted by Crippen LogP contribution is 2.30. The minimum Gasteiger partial charge on any atom is -0.493 e. The minimum atomic E-state index is -0.359. The van der Waals surface area contributed by atoms with E-state index in [1.54, 1.807) is 25.5 Å². The van der Waals surface area contributed by atoms with Gasteiger partial charge in [0.2, 0.25) is 0 Å². The van der Waals surface area contributed by atoms with Gasteiger partial charge in [-0.15, -0.1) is 12.6 Å². The van der Waals surface area contributed by atoms with Crippen LogP contribution in [0.15, 0.2) is 41.6 Å². The second-order valence-electron chi connectivity index (χ2n) is 6.15. The predicted octanol–water partition coefficient (Wildman–Crippen LogP) is 4.60. The van der Waals surface area contributed by atoms with Crippen LogP contribution in [0.1, 0.15) is 41.8 Å². The smallest absolute Gasteiger partial charge is 0.340 e. The maximum Gasteiger partial charge on any atom is 0.340 e. The predicted molar refractivity (Wildman–Crippen MR) is 113 cm³/mol. The number of hydrogen-bond acceptors (Lipinski definition) is 6. The number of carbonyl (C=O) groups excluding carboxylic acids is 1. The summed E-state index contributed by atoms with van der Waals surface area (Å²) in [6.45, 7) is 4.95. The highest BCUT2D eigenvalue weighted by molar-refractivity contribution is 7.84. The molecule has 0 unspecified atom stereocenters. The first kappa shape index (κ1) is 20.8. The van der Waals surface area contributed by atoms with Crippen molar-refractivity contribution in [3.05, 3.63) is 58.3 Å². The fraction of sp³-hybridized carbons (Fsp3) is 0.333. The Morgan fingerprint density at radius 3 is 2.74 bits per heavy atom. The number of methoxy groups -OCH3 is 1. The molecule has 1 aromatic heterocycles. The summed E-state index contributed by atoms with van der Waals surface area (Å²) in [5, 5.41) is 2.85. The molecule has 6 heteroatoms. The second kappa shape index (κ2) is 10.0. The van der Waals surface area contributed by atoms with Crippen LogP contribution < -0.4 is 10.1 Å². The van der Waals surface area contributed by atoms with E-state index in [2.05, 4.69) is 52.8 Å². The van der Waals surface area contributed by atoms with Gasteiger partial charge in [0.05, 0.1) is 31.2 Å². The number of allylic oxidation sites excluding steroid dienone is 2. The number of hydrogen-bond donors (Lipinski definition) is 2. The van der Waals surface area contributed by atoms with Crippen LogP contribution in [0, 0.1) is 0 Å². The summed E-state index contributed by atoms with van der Waals surface area (Å²) in [6, 6.07) is 8.06. The molecular weight excluding hydrogens is 360 g/mol. The van der Waals surface area contributed by atoms with Crippen LogP contribution >= 0.6 is 12.6 Å². The number of carbonyl (C=O) groups is 1. The van der Waals surface area contributed by atoms with Gasteiger partial charge >= 0.3 is 5.97 Å². The molecule has 0 radical (unpaired) electrons. The number of benzene rings is 1. The van der Waals surface area contributed by atoms with Crippen molar-refractivity contribution in [3.63, 3.8) is 0 Å². The second-order valence-corrected chi connectivity index (χ2v) is 6.82. The lowest BCUT2D eigenvalue weighted by molar-refractivity contribution is 0.0601. The molecule has 0 saturated carbocycles. The number of nitrogens with one attached hydrogen (secondary N) is 1. The summed E-state index contributed by atoms with van der Waals surface area (Å²) < 4.78 is 10.2. The van der Waals surface area contributed by atoms with Crippen LogP contribution in [0.3, 0.4) is 0 Å². The van der Waals surface area contributed by atoms with Crippen molar-refractivity contribution in [1.82, 2.24) is 4.98 Å². The molecule has 1 aliphatic heterocycles. The Bertz CT molecular complexity index is 830. The average molecular weight is 387 g/mol. The summed E-state index contributed by atoms with van der Waals surface area (Å²) >= 11 is 4.37. The quantitative estimate of drug-likeness (QED) is 0.596. The lowest BCUT2D eigenvalue weighted by atomic mass is 10.0. The van der Waals surface area contributed by atoms with Gasteiger partial charge in [0, 0.05) is 13.2 Å². The largest absolute Gasteiger partial charge is 0.493 e. The molecule has 3 rings (SSSR count). The van der Waals surface area contributed by atoms with Crippen LogP contribution in [-0.4, -0.2) is 31.7 Å². The van der Waals surface area contributed by atoms with Crippen molar-refractivity contribution in [2.45, 2.75) is 26.7 Å². The van der Waals surface area contributed by atoms with E-state index < -0.39 is 0 Å². The SMILES string of the molecule is C/C(S)=C(/C)c1ccc2c(c1)OCCC2.CNc1cnccc1C(=O)OC. The van der Waals surface area contributed by atoms with Gasteiger partial charge in [-0.05, 0) is 60.4 Å². The zero-order valence-electron chi connectivity index (χ0n) is 16.2. The number of ether oxygens (including phenoxy) is 2. The first-order chi connectivity index (χ1) is 13.0. The number of esters is 1. The van der Waals surface area contributed by atoms with Crippen molar-refractivity contribution in [1.29, 1.82) is 0 Å². The van der Waals surface area contributed by atoms with Gasteiger partial charge < -0.3 is 14.8 Å². The molecule has 5 nitrogen and oxygen atoms in total. The molecule has 0 saturated heterocycles. The molecule has 0 bridgehead atoms. The summed E-state index contributed by atoms with van der Waals surface area (Å²) in [6.07, 6.45) is 5.39. The Morgan fingerprint density at radius 1 is 1.30 bits per heavy atom. The van der Waals surface area contributed by atoms with Crippen LogP contribution in [0.4, 0.5) is 5.69 Å². The third-order valence-corrected chi connectivity index (χ3v) is 4.72. The number of pyridine rings is 1. The Morgan fingerprint density at radius 2 is 2.07 bits per heavy atom. The minimum absolute atomic E-state index is 0.359. The van der Waals surface area contributed by atoms with E-state index in [9.17, 15) is 4.79 Å². The van der Waals surface area contributed by atoms with E-state index in [1.165, 1.54) is 23.8 Å². The Labute approximate surface area is 166 Å². The summed E-state index contributed by atoms with van der Waals surface area (Å²) in [7, 11) is 3.08. The maximum atomic E-state index is 11.1. The van der Waals surface area contributed by atoms with Gasteiger partial charge in [-0.3, -0.25) is 4.98 Å². The number of rotatable bonds is 3. The highest BCUT2D eigenvalue weighted by Gasteiger charge is 2.11. The molecule has 0 fully saturated rings. The van der Waals surface area contributed by atoms with E-state index in [0.717, 1.165) is 30.1 Å². The third-order valence-electron chi connectivity index (χ3n) is 4.39. The normalized spacial score (nSPS) is 13.2. The van der Waals surface area contributed by atoms with Crippen molar-refractivity contribution >= 4 is 29.9 Å². The van der Waals surface area contributed by atoms with Crippen LogP contribution in [0.2, 0.25) is 0 Å². The Kier molecular flexibility index (Phi) is 7.73. The van der Waals surface area contributed by atoms with E-state index in [0.29, 0.717) is 11.3 Å². The Balaban J connectivity index is 0.000000199. The number of aryl methyl sites for hydroxylation is 1. The van der Waals surface area contributed by atoms with Gasteiger partial charge in [0.25, 0.3) is 0 Å². The molecule has 0 amide bonds. The van der Waals surface area contributed by atoms with E-state index in [4.69, 9.17) is 4.74 Å². The zero-order chi connectivity index (χ0) is 19.8. The zero-order valence-corrected chi connectivity index (χ0v) is 17.1. The third kappa shape index (κ3) is 5.50. The number of nitrogens with zero attached hydrogens (tertiary/aromatic N) is 1. The van der Waals surface area contributed by atoms with Gasteiger partial charge in [-0.25, -0.2) is 4.79 Å². The summed E-state index contributed by atoms with van der Waals surface area (Å²) in [5.41, 5.74) is 4.92. The van der Waals surface area contributed by atoms with Crippen molar-refractivity contribution in [2.24, 2.45) is 0 Å². The van der Waals surface area contributed by atoms with Crippen molar-refractivity contribution in [3.8, 4) is 5.75 Å². The molecule has 0 aliphatic carbocycles. The highest BCUT2D eigenvalue weighted by atomic mass is 32.1. The molecular formula is C21H26N2O3S. The average Bonchev–Trinajstić information content (AvgIpc) is 2.72. The molecule has 144 valence electrons. The molecule has 0 spiro atoms. The fourth-order valence-electron chi connectivity index (χ4n) is 2.66. The van der Waals surface area contributed by atoms with Crippen molar-refractivity contribution in [2.75, 3.05) is 26.1 Å². The van der Waals surface area contributed by atoms with Gasteiger partial charge in [-0.2, -0.15) is 0 Å². The lowest BCUT2D eigenvalue weighted by Gasteiger charge is -2.18. The molecule has 1 N–H and O–H groups in total. The molecule has 27 heavy (non-hydrogen) atoms. The van der Waals surface area contributed by atoms with Crippen molar-refractivity contribution < 1.29 is 14.3 Å². The van der Waals surface area contributed by atoms with E-state index in [-0.39, 0.29) is 5.97 Å². The summed E-state index contributed by atoms with van der Waals surface area (Å²) in [5.74, 6) is 0.689. The number of fused-ring (bicyclic) bond motifs is 1. The molecule has 1 aliphatic rings. The molecule has 1 aromatic carbocycles. The molecule has 2 heterocycles. The maximum absolute atomic E-state index is 11.1. The van der Waals surface area contributed by atoms with Crippen LogP contribution in [0.25, 0.3) is 5.57 Å². The van der Waals surface area contributed by atoms with E-state index >= 15 is 0 Å².